The van der Waals surface area contributed by atoms with Gasteiger partial charge in [0, 0.05) is 19.0 Å². The number of ether oxygens (including phenoxy) is 3. The van der Waals surface area contributed by atoms with E-state index >= 15 is 0 Å². The summed E-state index contributed by atoms with van der Waals surface area (Å²) in [7, 11) is 4.67. The lowest BCUT2D eigenvalue weighted by atomic mass is 9.95. The fourth-order valence-electron chi connectivity index (χ4n) is 4.87. The van der Waals surface area contributed by atoms with Crippen LogP contribution in [0.15, 0.2) is 29.1 Å². The van der Waals surface area contributed by atoms with E-state index < -0.39 is 6.04 Å². The summed E-state index contributed by atoms with van der Waals surface area (Å²) in [5, 5.41) is 8.86. The van der Waals surface area contributed by atoms with Crippen LogP contribution in [0.4, 0.5) is 5.69 Å². The third-order valence-corrected chi connectivity index (χ3v) is 6.71. The zero-order valence-electron chi connectivity index (χ0n) is 23.0. The van der Waals surface area contributed by atoms with Crippen molar-refractivity contribution in [2.75, 3.05) is 39.7 Å². The average Bonchev–Trinajstić information content (AvgIpc) is 3.14. The second kappa shape index (κ2) is 13.7. The molecule has 1 unspecified atom stereocenters. The number of aryl methyl sites for hydroxylation is 1. The topological polar surface area (TPSA) is 115 Å². The van der Waals surface area contributed by atoms with Gasteiger partial charge in [-0.1, -0.05) is 32.3 Å². The molecule has 0 saturated carbocycles. The Morgan fingerprint density at radius 2 is 1.76 bits per heavy atom. The first kappa shape index (κ1) is 28.8. The number of carbonyl (C=O) groups excluding carboxylic acids is 2. The van der Waals surface area contributed by atoms with Crippen molar-refractivity contribution in [3.63, 3.8) is 0 Å². The van der Waals surface area contributed by atoms with E-state index in [-0.39, 0.29) is 23.8 Å². The van der Waals surface area contributed by atoms with Gasteiger partial charge in [-0.3, -0.25) is 14.4 Å². The second-order valence-corrected chi connectivity index (χ2v) is 9.36. The van der Waals surface area contributed by atoms with Gasteiger partial charge in [-0.2, -0.15) is 0 Å². The SMILES string of the molecule is CCCCCCNC(=O)CNc1ccc2c(cc1=O)C(NC(C)=O)CCc1cc(OC)c(OC)c(OC)c1-2. The van der Waals surface area contributed by atoms with Crippen LogP contribution in [0.1, 0.15) is 63.1 Å². The van der Waals surface area contributed by atoms with Crippen LogP contribution in [0.3, 0.4) is 0 Å². The summed E-state index contributed by atoms with van der Waals surface area (Å²) in [6, 6.07) is 6.55. The van der Waals surface area contributed by atoms with Crippen molar-refractivity contribution in [3.05, 3.63) is 45.6 Å². The molecular weight excluding hydrogens is 486 g/mol. The Labute approximate surface area is 224 Å². The largest absolute Gasteiger partial charge is 0.493 e. The molecule has 0 aromatic heterocycles. The molecule has 0 bridgehead atoms. The predicted octanol–water partition coefficient (Wildman–Crippen LogP) is 3.97. The van der Waals surface area contributed by atoms with E-state index in [2.05, 4.69) is 22.9 Å². The smallest absolute Gasteiger partial charge is 0.239 e. The highest BCUT2D eigenvalue weighted by Crippen LogP contribution is 2.50. The molecule has 2 aromatic rings. The third kappa shape index (κ3) is 6.76. The van der Waals surface area contributed by atoms with Crippen LogP contribution in [-0.4, -0.2) is 46.2 Å². The standard InChI is InChI=1S/C29H39N3O6/c1-6-7-8-9-14-30-26(35)17-31-23-13-11-20-21(16-24(23)34)22(32-18(2)33)12-10-19-15-25(36-3)28(37-4)29(38-5)27(19)20/h11,13,15-16,22H,6-10,12,14,17H2,1-5H3,(H,30,35)(H,31,34)(H,32,33). The number of fused-ring (bicyclic) bond motifs is 3. The first-order chi connectivity index (χ1) is 18.3. The van der Waals surface area contributed by atoms with Crippen LogP contribution < -0.4 is 35.6 Å². The highest BCUT2D eigenvalue weighted by atomic mass is 16.5. The summed E-state index contributed by atoms with van der Waals surface area (Å²) in [6.07, 6.45) is 5.48. The number of amides is 2. The van der Waals surface area contributed by atoms with Crippen molar-refractivity contribution < 1.29 is 23.8 Å². The summed E-state index contributed by atoms with van der Waals surface area (Å²) in [4.78, 5) is 37.7. The molecule has 9 nitrogen and oxygen atoms in total. The van der Waals surface area contributed by atoms with Crippen molar-refractivity contribution in [2.45, 2.75) is 58.4 Å². The molecule has 0 heterocycles. The Bertz CT molecular complexity index is 1210. The Balaban J connectivity index is 2.03. The van der Waals surface area contributed by atoms with Gasteiger partial charge >= 0.3 is 0 Å². The lowest BCUT2D eigenvalue weighted by molar-refractivity contribution is -0.120. The molecule has 3 N–H and O–H groups in total. The molecule has 0 fully saturated rings. The van der Waals surface area contributed by atoms with Gasteiger partial charge in [-0.15, -0.1) is 0 Å². The minimum Gasteiger partial charge on any atom is -0.493 e. The highest BCUT2D eigenvalue weighted by molar-refractivity contribution is 5.84. The maximum Gasteiger partial charge on any atom is 0.239 e. The summed E-state index contributed by atoms with van der Waals surface area (Å²) in [5.74, 6) is 1.11. The number of anilines is 1. The fraction of sp³-hybridized carbons (Fsp3) is 0.483. The summed E-state index contributed by atoms with van der Waals surface area (Å²) >= 11 is 0. The molecule has 1 atom stereocenters. The van der Waals surface area contributed by atoms with E-state index in [1.807, 2.05) is 12.1 Å². The zero-order chi connectivity index (χ0) is 27.7. The van der Waals surface area contributed by atoms with E-state index in [0.717, 1.165) is 42.4 Å². The van der Waals surface area contributed by atoms with Crippen molar-refractivity contribution in [1.82, 2.24) is 10.6 Å². The van der Waals surface area contributed by atoms with Crippen molar-refractivity contribution >= 4 is 17.5 Å². The first-order valence-electron chi connectivity index (χ1n) is 13.1. The zero-order valence-corrected chi connectivity index (χ0v) is 23.0. The van der Waals surface area contributed by atoms with Crippen LogP contribution in [0.2, 0.25) is 0 Å². The second-order valence-electron chi connectivity index (χ2n) is 9.36. The normalized spacial score (nSPS) is 13.9. The Morgan fingerprint density at radius 3 is 2.42 bits per heavy atom. The molecule has 2 aromatic carbocycles. The van der Waals surface area contributed by atoms with Gasteiger partial charge in [0.25, 0.3) is 0 Å². The van der Waals surface area contributed by atoms with Crippen LogP contribution in [0.5, 0.6) is 17.2 Å². The molecule has 38 heavy (non-hydrogen) atoms. The first-order valence-corrected chi connectivity index (χ1v) is 13.1. The van der Waals surface area contributed by atoms with Crippen LogP contribution in [0, 0.1) is 0 Å². The number of methoxy groups -OCH3 is 3. The monoisotopic (exact) mass is 525 g/mol. The van der Waals surface area contributed by atoms with E-state index in [1.165, 1.54) is 13.0 Å². The molecule has 0 spiro atoms. The van der Waals surface area contributed by atoms with E-state index in [4.69, 9.17) is 14.2 Å². The minimum atomic E-state index is -0.393. The molecule has 2 amide bonds. The number of carbonyl (C=O) groups is 2. The average molecular weight is 526 g/mol. The van der Waals surface area contributed by atoms with Crippen LogP contribution >= 0.6 is 0 Å². The van der Waals surface area contributed by atoms with Crippen molar-refractivity contribution in [3.8, 4) is 28.4 Å². The number of hydrogen-bond acceptors (Lipinski definition) is 7. The molecule has 0 radical (unpaired) electrons. The van der Waals surface area contributed by atoms with Gasteiger partial charge < -0.3 is 30.2 Å². The third-order valence-electron chi connectivity index (χ3n) is 6.71. The quantitative estimate of drug-likeness (QED) is 0.359. The van der Waals surface area contributed by atoms with Gasteiger partial charge in [0.1, 0.15) is 0 Å². The summed E-state index contributed by atoms with van der Waals surface area (Å²) in [6.45, 7) is 4.20. The number of nitrogens with one attached hydrogen (secondary N) is 3. The van der Waals surface area contributed by atoms with E-state index in [1.54, 1.807) is 27.4 Å². The fourth-order valence-corrected chi connectivity index (χ4v) is 4.87. The van der Waals surface area contributed by atoms with Gasteiger partial charge in [-0.25, -0.2) is 0 Å². The van der Waals surface area contributed by atoms with E-state index in [0.29, 0.717) is 47.9 Å². The van der Waals surface area contributed by atoms with Crippen LogP contribution in [-0.2, 0) is 16.0 Å². The van der Waals surface area contributed by atoms with Gasteiger partial charge in [0.15, 0.2) is 11.5 Å². The molecule has 1 aliphatic carbocycles. The molecule has 0 saturated heterocycles. The number of rotatable bonds is 12. The molecular formula is C29H39N3O6. The highest BCUT2D eigenvalue weighted by Gasteiger charge is 2.29. The van der Waals surface area contributed by atoms with E-state index in [9.17, 15) is 14.4 Å². The van der Waals surface area contributed by atoms with Gasteiger partial charge in [0.2, 0.25) is 23.0 Å². The Hall–Kier alpha value is -3.75. The molecule has 206 valence electrons. The number of hydrogen-bond donors (Lipinski definition) is 3. The Morgan fingerprint density at radius 1 is 1.00 bits per heavy atom. The predicted molar refractivity (Wildman–Crippen MR) is 148 cm³/mol. The molecule has 1 aliphatic rings. The Kier molecular flexibility index (Phi) is 10.4. The maximum atomic E-state index is 13.3. The lowest BCUT2D eigenvalue weighted by Crippen LogP contribution is -2.31. The molecule has 9 heteroatoms. The maximum absolute atomic E-state index is 13.3. The number of benzene rings is 1. The summed E-state index contributed by atoms with van der Waals surface area (Å²) in [5.41, 5.74) is 3.15. The minimum absolute atomic E-state index is 0.0161. The van der Waals surface area contributed by atoms with Crippen molar-refractivity contribution in [1.29, 1.82) is 0 Å². The molecule has 0 aliphatic heterocycles. The van der Waals surface area contributed by atoms with Crippen LogP contribution in [0.25, 0.3) is 11.1 Å². The number of unbranched alkanes of at least 4 members (excludes halogenated alkanes) is 3. The summed E-state index contributed by atoms with van der Waals surface area (Å²) < 4.78 is 17.0. The lowest BCUT2D eigenvalue weighted by Gasteiger charge is -2.19. The van der Waals surface area contributed by atoms with Crippen molar-refractivity contribution in [2.24, 2.45) is 0 Å². The van der Waals surface area contributed by atoms with Gasteiger partial charge in [0.05, 0.1) is 39.6 Å². The molecule has 3 rings (SSSR count). The van der Waals surface area contributed by atoms with Gasteiger partial charge in [-0.05, 0) is 54.2 Å².